The predicted octanol–water partition coefficient (Wildman–Crippen LogP) is 2.16. The lowest BCUT2D eigenvalue weighted by Gasteiger charge is -1.97. The molecule has 3 aromatic rings. The molecule has 0 fully saturated rings. The first-order valence-corrected chi connectivity index (χ1v) is 5.60. The zero-order valence-corrected chi connectivity index (χ0v) is 9.63. The smallest absolute Gasteiger partial charge is 0.178 e. The van der Waals surface area contributed by atoms with E-state index in [4.69, 9.17) is 16.0 Å². The number of halogens is 1. The summed E-state index contributed by atoms with van der Waals surface area (Å²) < 4.78 is 6.92. The van der Waals surface area contributed by atoms with Crippen molar-refractivity contribution in [3.05, 3.63) is 47.3 Å². The summed E-state index contributed by atoms with van der Waals surface area (Å²) in [7, 11) is 0. The first kappa shape index (κ1) is 10.3. The summed E-state index contributed by atoms with van der Waals surface area (Å²) in [5, 5.41) is 12.7. The monoisotopic (exact) mass is 248 g/mol. The normalized spacial score (nSPS) is 11.1. The summed E-state index contributed by atoms with van der Waals surface area (Å²) in [6.07, 6.45) is 3.14. The van der Waals surface area contributed by atoms with Crippen molar-refractivity contribution in [1.29, 1.82) is 0 Å². The van der Waals surface area contributed by atoms with Crippen LogP contribution in [0.1, 0.15) is 11.6 Å². The average molecular weight is 249 g/mol. The molecule has 0 amide bonds. The lowest BCUT2D eigenvalue weighted by molar-refractivity contribution is 0.505. The Morgan fingerprint density at radius 1 is 1.18 bits per heavy atom. The van der Waals surface area contributed by atoms with Gasteiger partial charge in [-0.2, -0.15) is 9.61 Å². The maximum atomic E-state index is 5.84. The van der Waals surface area contributed by atoms with Crippen LogP contribution in [0.25, 0.3) is 5.65 Å². The van der Waals surface area contributed by atoms with Crippen LogP contribution in [0.5, 0.6) is 0 Å². The van der Waals surface area contributed by atoms with Crippen molar-refractivity contribution in [3.63, 3.8) is 0 Å². The molecule has 5 nitrogen and oxygen atoms in total. The van der Waals surface area contributed by atoms with E-state index in [2.05, 4.69) is 15.3 Å². The SMILES string of the molecule is Clc1ccc2nnc(CCc3ccco3)n2n1. The Kier molecular flexibility index (Phi) is 2.53. The van der Waals surface area contributed by atoms with Crippen LogP contribution in [-0.2, 0) is 12.8 Å². The molecular weight excluding hydrogens is 240 g/mol. The van der Waals surface area contributed by atoms with Gasteiger partial charge in [-0.15, -0.1) is 10.2 Å². The largest absolute Gasteiger partial charge is 0.469 e. The standard InChI is InChI=1S/C11H9ClN4O/c12-9-4-6-11-14-13-10(16(11)15-9)5-3-8-2-1-7-17-8/h1-2,4,6-7H,3,5H2. The highest BCUT2D eigenvalue weighted by atomic mass is 35.5. The maximum Gasteiger partial charge on any atom is 0.178 e. The van der Waals surface area contributed by atoms with Gasteiger partial charge in [-0.25, -0.2) is 0 Å². The molecular formula is C11H9ClN4O. The van der Waals surface area contributed by atoms with Gasteiger partial charge in [-0.3, -0.25) is 0 Å². The highest BCUT2D eigenvalue weighted by molar-refractivity contribution is 6.29. The second-order valence-electron chi connectivity index (χ2n) is 3.62. The Morgan fingerprint density at radius 2 is 2.12 bits per heavy atom. The Labute approximate surface area is 102 Å². The third kappa shape index (κ3) is 2.01. The van der Waals surface area contributed by atoms with E-state index in [0.29, 0.717) is 17.2 Å². The molecule has 3 aromatic heterocycles. The Hall–Kier alpha value is -1.88. The van der Waals surface area contributed by atoms with Gasteiger partial charge >= 0.3 is 0 Å². The summed E-state index contributed by atoms with van der Waals surface area (Å²) in [5.41, 5.74) is 0.698. The molecule has 0 radical (unpaired) electrons. The second-order valence-corrected chi connectivity index (χ2v) is 4.01. The molecule has 0 aliphatic carbocycles. The van der Waals surface area contributed by atoms with Crippen LogP contribution in [0.2, 0.25) is 5.15 Å². The minimum absolute atomic E-state index is 0.427. The lowest BCUT2D eigenvalue weighted by Crippen LogP contribution is -2.00. The molecule has 0 spiro atoms. The zero-order chi connectivity index (χ0) is 11.7. The first-order chi connectivity index (χ1) is 8.33. The average Bonchev–Trinajstić information content (AvgIpc) is 2.94. The van der Waals surface area contributed by atoms with Crippen LogP contribution in [0.4, 0.5) is 0 Å². The van der Waals surface area contributed by atoms with Crippen LogP contribution in [0.15, 0.2) is 34.9 Å². The van der Waals surface area contributed by atoms with E-state index in [-0.39, 0.29) is 0 Å². The third-order valence-corrected chi connectivity index (χ3v) is 2.67. The highest BCUT2D eigenvalue weighted by Gasteiger charge is 2.08. The van der Waals surface area contributed by atoms with Gasteiger partial charge in [0.15, 0.2) is 11.5 Å². The lowest BCUT2D eigenvalue weighted by atomic mass is 10.2. The molecule has 0 aromatic carbocycles. The van der Waals surface area contributed by atoms with Crippen molar-refractivity contribution in [2.45, 2.75) is 12.8 Å². The van der Waals surface area contributed by atoms with Crippen LogP contribution in [0.3, 0.4) is 0 Å². The Bertz CT molecular complexity index is 632. The zero-order valence-electron chi connectivity index (χ0n) is 8.88. The molecule has 17 heavy (non-hydrogen) atoms. The number of fused-ring (bicyclic) bond motifs is 1. The van der Waals surface area contributed by atoms with Crippen molar-refractivity contribution in [2.75, 3.05) is 0 Å². The Balaban J connectivity index is 1.87. The van der Waals surface area contributed by atoms with E-state index in [1.165, 1.54) is 0 Å². The number of aromatic nitrogens is 4. The third-order valence-electron chi connectivity index (χ3n) is 2.47. The van der Waals surface area contributed by atoms with E-state index in [1.807, 2.05) is 12.1 Å². The van der Waals surface area contributed by atoms with Crippen LogP contribution in [-0.4, -0.2) is 19.8 Å². The molecule has 0 atom stereocenters. The molecule has 3 heterocycles. The van der Waals surface area contributed by atoms with E-state index in [1.54, 1.807) is 22.9 Å². The van der Waals surface area contributed by atoms with Crippen molar-refractivity contribution in [2.24, 2.45) is 0 Å². The summed E-state index contributed by atoms with van der Waals surface area (Å²) >= 11 is 5.84. The van der Waals surface area contributed by atoms with Gasteiger partial charge in [-0.1, -0.05) is 11.6 Å². The fraction of sp³-hybridized carbons (Fsp3) is 0.182. The van der Waals surface area contributed by atoms with Crippen LogP contribution in [0, 0.1) is 0 Å². The van der Waals surface area contributed by atoms with Crippen molar-refractivity contribution >= 4 is 17.2 Å². The number of rotatable bonds is 3. The van der Waals surface area contributed by atoms with Crippen molar-refractivity contribution in [3.8, 4) is 0 Å². The van der Waals surface area contributed by atoms with Gasteiger partial charge in [0.05, 0.1) is 6.26 Å². The van der Waals surface area contributed by atoms with Gasteiger partial charge < -0.3 is 4.42 Å². The molecule has 0 aliphatic heterocycles. The number of aryl methyl sites for hydroxylation is 2. The highest BCUT2D eigenvalue weighted by Crippen LogP contribution is 2.10. The molecule has 6 heteroatoms. The minimum atomic E-state index is 0.427. The van der Waals surface area contributed by atoms with Crippen molar-refractivity contribution < 1.29 is 4.42 Å². The predicted molar refractivity (Wildman–Crippen MR) is 61.9 cm³/mol. The quantitative estimate of drug-likeness (QED) is 0.713. The van der Waals surface area contributed by atoms with Gasteiger partial charge in [0.25, 0.3) is 0 Å². The van der Waals surface area contributed by atoms with Gasteiger partial charge in [0, 0.05) is 12.8 Å². The number of furan rings is 1. The second kappa shape index (κ2) is 4.18. The van der Waals surface area contributed by atoms with Gasteiger partial charge in [0.1, 0.15) is 10.9 Å². The van der Waals surface area contributed by atoms with E-state index in [0.717, 1.165) is 18.0 Å². The summed E-state index contributed by atoms with van der Waals surface area (Å²) in [6.45, 7) is 0. The first-order valence-electron chi connectivity index (χ1n) is 5.22. The summed E-state index contributed by atoms with van der Waals surface area (Å²) in [5.74, 6) is 1.70. The number of hydrogen-bond acceptors (Lipinski definition) is 4. The van der Waals surface area contributed by atoms with Crippen LogP contribution >= 0.6 is 11.6 Å². The molecule has 0 saturated carbocycles. The fourth-order valence-corrected chi connectivity index (χ4v) is 1.80. The summed E-state index contributed by atoms with van der Waals surface area (Å²) in [6, 6.07) is 7.29. The minimum Gasteiger partial charge on any atom is -0.469 e. The molecule has 0 bridgehead atoms. The van der Waals surface area contributed by atoms with Crippen molar-refractivity contribution in [1.82, 2.24) is 19.8 Å². The Morgan fingerprint density at radius 3 is 2.94 bits per heavy atom. The topological polar surface area (TPSA) is 56.2 Å². The number of hydrogen-bond donors (Lipinski definition) is 0. The summed E-state index contributed by atoms with van der Waals surface area (Å²) in [4.78, 5) is 0. The maximum absolute atomic E-state index is 5.84. The van der Waals surface area contributed by atoms with E-state index >= 15 is 0 Å². The molecule has 3 rings (SSSR count). The van der Waals surface area contributed by atoms with Gasteiger partial charge in [-0.05, 0) is 24.3 Å². The van der Waals surface area contributed by atoms with E-state index in [9.17, 15) is 0 Å². The fourth-order valence-electron chi connectivity index (χ4n) is 1.66. The molecule has 0 N–H and O–H groups in total. The van der Waals surface area contributed by atoms with E-state index < -0.39 is 0 Å². The van der Waals surface area contributed by atoms with Crippen LogP contribution < -0.4 is 0 Å². The number of nitrogens with zero attached hydrogens (tertiary/aromatic N) is 4. The van der Waals surface area contributed by atoms with Gasteiger partial charge in [0.2, 0.25) is 0 Å². The molecule has 0 saturated heterocycles. The molecule has 0 aliphatic rings. The molecule has 86 valence electrons. The molecule has 0 unspecified atom stereocenters.